The molecule has 0 spiro atoms. The maximum atomic E-state index is 12.3. The van der Waals surface area contributed by atoms with Crippen molar-refractivity contribution >= 4 is 37.8 Å². The topological polar surface area (TPSA) is 32.3 Å². The molecule has 1 aromatic rings. The Hall–Kier alpha value is -0.390. The molecule has 3 nitrogen and oxygen atoms in total. The predicted molar refractivity (Wildman–Crippen MR) is 91.1 cm³/mol. The summed E-state index contributed by atoms with van der Waals surface area (Å²) >= 11 is 6.81. The number of likely N-dealkylation sites (N-methyl/N-ethyl adjacent to an activating group) is 1. The summed E-state index contributed by atoms with van der Waals surface area (Å²) in [6, 6.07) is 5.95. The van der Waals surface area contributed by atoms with Crippen LogP contribution in [0.2, 0.25) is 0 Å². The second kappa shape index (κ2) is 8.15. The van der Waals surface area contributed by atoms with E-state index in [0.717, 1.165) is 15.4 Å². The van der Waals surface area contributed by atoms with Crippen molar-refractivity contribution in [2.75, 3.05) is 20.6 Å². The fraction of sp³-hybridized carbons (Fsp3) is 0.533. The SMILES string of the molecule is CC(C)CC(CNC(=O)c1cc(Br)ccc1Br)N(C)C. The number of carbonyl (C=O) groups is 1. The van der Waals surface area contributed by atoms with Gasteiger partial charge < -0.3 is 10.2 Å². The van der Waals surface area contributed by atoms with E-state index in [0.29, 0.717) is 24.1 Å². The van der Waals surface area contributed by atoms with E-state index in [1.54, 1.807) is 0 Å². The molecule has 0 heterocycles. The summed E-state index contributed by atoms with van der Waals surface area (Å²) in [5.74, 6) is 0.561. The third-order valence-electron chi connectivity index (χ3n) is 3.15. The van der Waals surface area contributed by atoms with Gasteiger partial charge in [0.1, 0.15) is 0 Å². The molecule has 0 aliphatic rings. The molecule has 1 aromatic carbocycles. The van der Waals surface area contributed by atoms with Crippen LogP contribution in [0, 0.1) is 5.92 Å². The second-order valence-electron chi connectivity index (χ2n) is 5.58. The van der Waals surface area contributed by atoms with Crippen molar-refractivity contribution in [1.29, 1.82) is 0 Å². The number of rotatable bonds is 6. The Morgan fingerprint density at radius 1 is 1.30 bits per heavy atom. The van der Waals surface area contributed by atoms with Crippen LogP contribution in [0.15, 0.2) is 27.1 Å². The Kier molecular flexibility index (Phi) is 7.20. The Labute approximate surface area is 138 Å². The largest absolute Gasteiger partial charge is 0.350 e. The third kappa shape index (κ3) is 5.54. The Morgan fingerprint density at radius 2 is 1.95 bits per heavy atom. The lowest BCUT2D eigenvalue weighted by Crippen LogP contribution is -2.41. The molecule has 1 rings (SSSR count). The van der Waals surface area contributed by atoms with E-state index in [2.05, 4.69) is 55.9 Å². The number of nitrogens with one attached hydrogen (secondary N) is 1. The quantitative estimate of drug-likeness (QED) is 0.777. The minimum Gasteiger partial charge on any atom is -0.350 e. The number of halogens is 2. The molecular formula is C15H22Br2N2O. The van der Waals surface area contributed by atoms with Crippen molar-refractivity contribution in [3.05, 3.63) is 32.7 Å². The summed E-state index contributed by atoms with van der Waals surface area (Å²) in [4.78, 5) is 14.4. The number of hydrogen-bond donors (Lipinski definition) is 1. The first-order valence-corrected chi connectivity index (χ1v) is 8.29. The predicted octanol–water partition coefficient (Wildman–Crippen LogP) is 3.92. The van der Waals surface area contributed by atoms with Crippen molar-refractivity contribution in [3.8, 4) is 0 Å². The smallest absolute Gasteiger partial charge is 0.252 e. The van der Waals surface area contributed by atoms with Crippen LogP contribution < -0.4 is 5.32 Å². The van der Waals surface area contributed by atoms with E-state index in [4.69, 9.17) is 0 Å². The monoisotopic (exact) mass is 404 g/mol. The van der Waals surface area contributed by atoms with Gasteiger partial charge in [0.2, 0.25) is 0 Å². The van der Waals surface area contributed by atoms with E-state index < -0.39 is 0 Å². The van der Waals surface area contributed by atoms with Crippen molar-refractivity contribution in [3.63, 3.8) is 0 Å². The lowest BCUT2D eigenvalue weighted by molar-refractivity contribution is 0.0937. The first-order chi connectivity index (χ1) is 9.31. The van der Waals surface area contributed by atoms with E-state index in [9.17, 15) is 4.79 Å². The van der Waals surface area contributed by atoms with Crippen LogP contribution in [0.3, 0.4) is 0 Å². The highest BCUT2D eigenvalue weighted by molar-refractivity contribution is 9.11. The second-order valence-corrected chi connectivity index (χ2v) is 7.35. The number of carbonyl (C=O) groups excluding carboxylic acids is 1. The zero-order valence-corrected chi connectivity index (χ0v) is 15.6. The van der Waals surface area contributed by atoms with Gasteiger partial charge in [0.25, 0.3) is 5.91 Å². The van der Waals surface area contributed by atoms with Gasteiger partial charge in [0.05, 0.1) is 5.56 Å². The molecule has 20 heavy (non-hydrogen) atoms. The highest BCUT2D eigenvalue weighted by Crippen LogP contribution is 2.21. The van der Waals surface area contributed by atoms with Crippen LogP contribution in [0.25, 0.3) is 0 Å². The molecule has 5 heteroatoms. The van der Waals surface area contributed by atoms with Gasteiger partial charge in [-0.25, -0.2) is 0 Å². The van der Waals surface area contributed by atoms with E-state index in [1.807, 2.05) is 32.3 Å². The average Bonchev–Trinajstić information content (AvgIpc) is 2.36. The normalized spacial score (nSPS) is 12.8. The highest BCUT2D eigenvalue weighted by Gasteiger charge is 2.16. The molecule has 0 aliphatic carbocycles. The fourth-order valence-electron chi connectivity index (χ4n) is 2.00. The number of benzene rings is 1. The highest BCUT2D eigenvalue weighted by atomic mass is 79.9. The van der Waals surface area contributed by atoms with Gasteiger partial charge >= 0.3 is 0 Å². The third-order valence-corrected chi connectivity index (χ3v) is 4.33. The molecule has 0 aliphatic heterocycles. The first kappa shape index (κ1) is 17.7. The number of nitrogens with zero attached hydrogens (tertiary/aromatic N) is 1. The van der Waals surface area contributed by atoms with Gasteiger partial charge in [0, 0.05) is 21.5 Å². The molecular weight excluding hydrogens is 384 g/mol. The minimum absolute atomic E-state index is 0.0474. The molecule has 0 saturated heterocycles. The van der Waals surface area contributed by atoms with Gasteiger partial charge in [0.15, 0.2) is 0 Å². The summed E-state index contributed by atoms with van der Waals surface area (Å²) in [6.07, 6.45) is 1.06. The summed E-state index contributed by atoms with van der Waals surface area (Å²) in [7, 11) is 4.10. The standard InChI is InChI=1S/C15H22Br2N2O/c1-10(2)7-12(19(3)4)9-18-15(20)13-8-11(16)5-6-14(13)17/h5-6,8,10,12H,7,9H2,1-4H3,(H,18,20). The summed E-state index contributed by atoms with van der Waals surface area (Å²) in [5, 5.41) is 3.02. The molecule has 1 amide bonds. The Bertz CT molecular complexity index is 461. The first-order valence-electron chi connectivity index (χ1n) is 6.71. The van der Waals surface area contributed by atoms with Gasteiger partial charge in [-0.05, 0) is 60.6 Å². The van der Waals surface area contributed by atoms with Crippen molar-refractivity contribution in [2.45, 2.75) is 26.3 Å². The van der Waals surface area contributed by atoms with Crippen LogP contribution in [-0.2, 0) is 0 Å². The Balaban J connectivity index is 2.68. The number of amides is 1. The van der Waals surface area contributed by atoms with E-state index in [1.165, 1.54) is 0 Å². The minimum atomic E-state index is -0.0474. The molecule has 0 saturated carbocycles. The average molecular weight is 406 g/mol. The van der Waals surface area contributed by atoms with Crippen molar-refractivity contribution in [1.82, 2.24) is 10.2 Å². The Morgan fingerprint density at radius 3 is 2.50 bits per heavy atom. The van der Waals surface area contributed by atoms with Crippen LogP contribution in [-0.4, -0.2) is 37.5 Å². The molecule has 0 bridgehead atoms. The molecule has 0 fully saturated rings. The van der Waals surface area contributed by atoms with Crippen LogP contribution >= 0.6 is 31.9 Å². The van der Waals surface area contributed by atoms with Gasteiger partial charge in [-0.15, -0.1) is 0 Å². The molecule has 1 unspecified atom stereocenters. The van der Waals surface area contributed by atoms with Gasteiger partial charge in [-0.2, -0.15) is 0 Å². The van der Waals surface area contributed by atoms with Crippen LogP contribution in [0.4, 0.5) is 0 Å². The maximum Gasteiger partial charge on any atom is 0.252 e. The van der Waals surface area contributed by atoms with E-state index in [-0.39, 0.29) is 5.91 Å². The van der Waals surface area contributed by atoms with Crippen LogP contribution in [0.5, 0.6) is 0 Å². The van der Waals surface area contributed by atoms with Crippen molar-refractivity contribution < 1.29 is 4.79 Å². The van der Waals surface area contributed by atoms with Gasteiger partial charge in [-0.3, -0.25) is 4.79 Å². The molecule has 0 aromatic heterocycles. The fourth-order valence-corrected chi connectivity index (χ4v) is 2.79. The molecule has 0 radical (unpaired) electrons. The zero-order valence-electron chi connectivity index (χ0n) is 12.4. The summed E-state index contributed by atoms with van der Waals surface area (Å²) in [6.45, 7) is 5.05. The molecule has 1 atom stereocenters. The zero-order chi connectivity index (χ0) is 15.3. The molecule has 1 N–H and O–H groups in total. The summed E-state index contributed by atoms with van der Waals surface area (Å²) < 4.78 is 1.71. The van der Waals surface area contributed by atoms with E-state index >= 15 is 0 Å². The van der Waals surface area contributed by atoms with Crippen molar-refractivity contribution in [2.24, 2.45) is 5.92 Å². The number of hydrogen-bond acceptors (Lipinski definition) is 2. The van der Waals surface area contributed by atoms with Gasteiger partial charge in [-0.1, -0.05) is 29.8 Å². The lowest BCUT2D eigenvalue weighted by Gasteiger charge is -2.26. The molecule has 112 valence electrons. The summed E-state index contributed by atoms with van der Waals surface area (Å²) in [5.41, 5.74) is 0.654. The lowest BCUT2D eigenvalue weighted by atomic mass is 10.0. The van der Waals surface area contributed by atoms with Crippen LogP contribution in [0.1, 0.15) is 30.6 Å². The maximum absolute atomic E-state index is 12.3.